The normalized spacial score (nSPS) is 19.9. The van der Waals surface area contributed by atoms with Crippen LogP contribution in [0.1, 0.15) is 102 Å². The van der Waals surface area contributed by atoms with Crippen molar-refractivity contribution < 1.29 is 33.8 Å². The van der Waals surface area contributed by atoms with Crippen LogP contribution in [0.25, 0.3) is 11.3 Å². The van der Waals surface area contributed by atoms with Gasteiger partial charge in [0.15, 0.2) is 5.78 Å². The maximum Gasteiger partial charge on any atom is 0.251 e. The minimum absolute atomic E-state index is 0.0221. The maximum atomic E-state index is 14.0. The predicted octanol–water partition coefficient (Wildman–Crippen LogP) is 7.78. The first-order chi connectivity index (χ1) is 31.8. The van der Waals surface area contributed by atoms with Crippen LogP contribution in [0.5, 0.6) is 5.75 Å². The van der Waals surface area contributed by atoms with E-state index in [1.54, 1.807) is 48.9 Å². The predicted molar refractivity (Wildman–Crippen MR) is 257 cm³/mol. The first-order valence-electron chi connectivity index (χ1n) is 23.0. The van der Waals surface area contributed by atoms with Gasteiger partial charge < -0.3 is 35.4 Å². The number of likely N-dealkylation sites (tertiary alicyclic amines) is 1. The van der Waals surface area contributed by atoms with Crippen LogP contribution in [-0.2, 0) is 25.7 Å². The van der Waals surface area contributed by atoms with Gasteiger partial charge in [0.25, 0.3) is 5.91 Å². The number of hydrogen-bond donors (Lipinski definition) is 4. The van der Waals surface area contributed by atoms with Gasteiger partial charge in [-0.3, -0.25) is 29.1 Å². The summed E-state index contributed by atoms with van der Waals surface area (Å²) < 4.78 is 12.1. The Bertz CT molecular complexity index is 2380. The molecule has 3 amide bonds. The molecule has 6 rings (SSSR count). The number of carbonyl (C=O) groups excluding carboxylic acids is 4. The average molecular weight is 935 g/mol. The monoisotopic (exact) mass is 933 g/mol. The number of carbonyl (C=O) groups is 4. The van der Waals surface area contributed by atoms with E-state index in [0.29, 0.717) is 28.5 Å². The van der Waals surface area contributed by atoms with Crippen LogP contribution in [0.3, 0.4) is 0 Å². The van der Waals surface area contributed by atoms with Gasteiger partial charge in [0.2, 0.25) is 11.8 Å². The number of aliphatic hydroxyl groups is 1. The van der Waals surface area contributed by atoms with Crippen molar-refractivity contribution in [2.45, 2.75) is 111 Å². The zero-order valence-electron chi connectivity index (χ0n) is 39.6. The van der Waals surface area contributed by atoms with E-state index >= 15 is 0 Å². The van der Waals surface area contributed by atoms with E-state index in [2.05, 4.69) is 59.7 Å². The number of halogens is 1. The van der Waals surface area contributed by atoms with Crippen LogP contribution in [-0.4, -0.2) is 94.1 Å². The number of Topliss-reactive ketones (excluding diaryl/α,β-unsaturated/α-hetero) is 1. The maximum absolute atomic E-state index is 14.0. The Morgan fingerprint density at radius 3 is 2.33 bits per heavy atom. The van der Waals surface area contributed by atoms with Crippen LogP contribution in [0.4, 0.5) is 5.69 Å². The van der Waals surface area contributed by atoms with E-state index in [0.717, 1.165) is 48.3 Å². The molecule has 15 heteroatoms. The number of anilines is 1. The van der Waals surface area contributed by atoms with Crippen LogP contribution in [0.15, 0.2) is 85.3 Å². The van der Waals surface area contributed by atoms with Gasteiger partial charge in [-0.05, 0) is 66.6 Å². The van der Waals surface area contributed by atoms with Crippen molar-refractivity contribution in [3.8, 4) is 23.1 Å². The second-order valence-electron chi connectivity index (χ2n) is 20.0. The average Bonchev–Trinajstić information content (AvgIpc) is 3.70. The minimum atomic E-state index is -0.851. The van der Waals surface area contributed by atoms with Gasteiger partial charge in [0.05, 0.1) is 28.6 Å². The van der Waals surface area contributed by atoms with Gasteiger partial charge in [0.1, 0.15) is 30.6 Å². The molecule has 0 bridgehead atoms. The molecule has 0 spiro atoms. The lowest BCUT2D eigenvalue weighted by Crippen LogP contribution is -2.74. The summed E-state index contributed by atoms with van der Waals surface area (Å²) >= 11 is 6.24. The zero-order valence-corrected chi connectivity index (χ0v) is 40.4. The van der Waals surface area contributed by atoms with E-state index in [1.165, 1.54) is 4.90 Å². The summed E-state index contributed by atoms with van der Waals surface area (Å²) in [5.74, 6) is -1.16. The lowest BCUT2D eigenvalue weighted by atomic mass is 9.49. The molecule has 4 N–H and O–H groups in total. The lowest BCUT2D eigenvalue weighted by molar-refractivity contribution is -0.164. The number of nitriles is 1. The molecular weight excluding hydrogens is 870 g/mol. The first kappa shape index (κ1) is 50.5. The van der Waals surface area contributed by atoms with Crippen LogP contribution in [0, 0.1) is 33.5 Å². The number of hydrogen-bond acceptors (Lipinski definition) is 11. The molecular formula is C52H64ClN7O7. The van der Waals surface area contributed by atoms with Gasteiger partial charge in [-0.1, -0.05) is 84.3 Å². The Morgan fingerprint density at radius 1 is 0.970 bits per heavy atom. The molecule has 1 saturated heterocycles. The number of nitrogens with zero attached hydrogens (tertiary/aromatic N) is 4. The standard InChI is InChI=1S/C52H64ClN7O7/c1-50(2,3)41(47(65)60-31-38(61)26-44(60)46(64)58-29-33-11-13-34(14-12-33)43-30-55-22-23-57-43)25-39(62)32-66-24-10-8-9-21-56-37-18-15-35(16-19-37)45(63)59-48-51(4,5)49(52(48,6)7)67-40-20-17-36(28-54)42(53)27-40/h11-20,22-23,27,30,38,41,44,48-49,56,61H,8-10,21,24-26,29,31-32H2,1-7H3,(H,58,64)(H,59,63)/t38-,41-,44+,48?,49?/m1/s1. The summed E-state index contributed by atoms with van der Waals surface area (Å²) in [6.45, 7) is 15.3. The first-order valence-corrected chi connectivity index (χ1v) is 23.4. The summed E-state index contributed by atoms with van der Waals surface area (Å²) in [5.41, 5.74) is 3.02. The minimum Gasteiger partial charge on any atom is -0.489 e. The van der Waals surface area contributed by atoms with Crippen molar-refractivity contribution in [3.05, 3.63) is 107 Å². The van der Waals surface area contributed by atoms with Gasteiger partial charge >= 0.3 is 0 Å². The zero-order chi connectivity index (χ0) is 48.5. The van der Waals surface area contributed by atoms with E-state index in [4.69, 9.17) is 21.1 Å². The van der Waals surface area contributed by atoms with Crippen molar-refractivity contribution >= 4 is 40.8 Å². The number of benzene rings is 3. The van der Waals surface area contributed by atoms with Crippen molar-refractivity contribution in [2.24, 2.45) is 22.2 Å². The molecule has 1 saturated carbocycles. The van der Waals surface area contributed by atoms with Crippen molar-refractivity contribution in [1.29, 1.82) is 5.26 Å². The highest BCUT2D eigenvalue weighted by Gasteiger charge is 2.64. The quantitative estimate of drug-likeness (QED) is 0.0632. The Morgan fingerprint density at radius 2 is 1.69 bits per heavy atom. The van der Waals surface area contributed by atoms with E-state index in [9.17, 15) is 29.5 Å². The summed E-state index contributed by atoms with van der Waals surface area (Å²) in [6.07, 6.45) is 6.45. The fraction of sp³-hybridized carbons (Fsp3) is 0.481. The van der Waals surface area contributed by atoms with Crippen LogP contribution < -0.4 is 20.7 Å². The number of rotatable bonds is 20. The molecule has 67 heavy (non-hydrogen) atoms. The number of ketones is 1. The van der Waals surface area contributed by atoms with E-state index in [1.807, 2.05) is 57.2 Å². The molecule has 0 radical (unpaired) electrons. The molecule has 14 nitrogen and oxygen atoms in total. The topological polar surface area (TPSA) is 196 Å². The van der Waals surface area contributed by atoms with Gasteiger partial charge in [-0.2, -0.15) is 5.26 Å². The number of β-amino-alcohol motifs (C(OH)–C–C–N with tert-alkyl or cyclic N) is 1. The van der Waals surface area contributed by atoms with Gasteiger partial charge in [-0.25, -0.2) is 0 Å². The second-order valence-corrected chi connectivity index (χ2v) is 20.4. The molecule has 3 atom stereocenters. The van der Waals surface area contributed by atoms with E-state index < -0.39 is 23.5 Å². The molecule has 3 aromatic carbocycles. The highest BCUT2D eigenvalue weighted by atomic mass is 35.5. The third kappa shape index (κ3) is 12.6. The third-order valence-corrected chi connectivity index (χ3v) is 13.4. The fourth-order valence-corrected chi connectivity index (χ4v) is 9.79. The fourth-order valence-electron chi connectivity index (χ4n) is 9.58. The highest BCUT2D eigenvalue weighted by Crippen LogP contribution is 2.55. The smallest absolute Gasteiger partial charge is 0.251 e. The number of unbranched alkanes of at least 4 members (excludes halogenated alkanes) is 2. The summed E-state index contributed by atoms with van der Waals surface area (Å²) in [7, 11) is 0. The molecule has 2 aliphatic rings. The second kappa shape index (κ2) is 21.8. The van der Waals surface area contributed by atoms with Crippen LogP contribution >= 0.6 is 11.6 Å². The van der Waals surface area contributed by atoms with Crippen molar-refractivity contribution in [2.75, 3.05) is 31.6 Å². The molecule has 2 fully saturated rings. The molecule has 1 aliphatic heterocycles. The Labute approximate surface area is 399 Å². The molecule has 1 aromatic heterocycles. The Balaban J connectivity index is 0.877. The summed E-state index contributed by atoms with van der Waals surface area (Å²) in [4.78, 5) is 63.8. The molecule has 4 aromatic rings. The largest absolute Gasteiger partial charge is 0.489 e. The number of ether oxygens (including phenoxy) is 2. The van der Waals surface area contributed by atoms with Gasteiger partial charge in [-0.15, -0.1) is 0 Å². The number of aromatic nitrogens is 2. The van der Waals surface area contributed by atoms with Crippen molar-refractivity contribution in [3.63, 3.8) is 0 Å². The SMILES string of the molecule is CC1(C)C(NC(=O)c2ccc(NCCCCCOCC(=O)C[C@H](C(=O)N3C[C@H](O)C[C@H]3C(=O)NCc3ccc(-c4cnccn4)cc3)C(C)(C)C)cc2)C(C)(C)C1Oc1ccc(C#N)c(Cl)c1. The Kier molecular flexibility index (Phi) is 16.5. The molecule has 0 unspecified atom stereocenters. The number of aliphatic hydroxyl groups excluding tert-OH is 1. The summed E-state index contributed by atoms with van der Waals surface area (Å²) in [6, 6.07) is 21.1. The number of amides is 3. The Hall–Kier alpha value is -5.88. The molecule has 1 aliphatic carbocycles. The van der Waals surface area contributed by atoms with E-state index in [-0.39, 0.29) is 79.0 Å². The highest BCUT2D eigenvalue weighted by molar-refractivity contribution is 6.31. The molecule has 2 heterocycles. The lowest BCUT2D eigenvalue weighted by Gasteiger charge is -2.63. The summed E-state index contributed by atoms with van der Waals surface area (Å²) in [5, 5.41) is 29.7. The number of nitrogens with one attached hydrogen (secondary N) is 3. The third-order valence-electron chi connectivity index (χ3n) is 13.1. The van der Waals surface area contributed by atoms with Gasteiger partial charge in [0, 0.05) is 97.1 Å². The van der Waals surface area contributed by atoms with Crippen LogP contribution in [0.2, 0.25) is 5.02 Å². The molecule has 356 valence electrons. The van der Waals surface area contributed by atoms with Crippen molar-refractivity contribution in [1.82, 2.24) is 25.5 Å².